The first-order valence-corrected chi connectivity index (χ1v) is 13.7. The van der Waals surface area contributed by atoms with Gasteiger partial charge in [-0.15, -0.1) is 0 Å². The molecule has 0 fully saturated rings. The molecule has 6 nitrogen and oxygen atoms in total. The highest BCUT2D eigenvalue weighted by Crippen LogP contribution is 2.28. The normalized spacial score (nSPS) is 11.8. The van der Waals surface area contributed by atoms with Crippen LogP contribution in [0.4, 0.5) is 5.69 Å². The first-order valence-electron chi connectivity index (χ1n) is 13.3. The van der Waals surface area contributed by atoms with Gasteiger partial charge in [0.25, 0.3) is 5.91 Å². The summed E-state index contributed by atoms with van der Waals surface area (Å²) in [5.74, 6) is 1.52. The Morgan fingerprint density at radius 2 is 1.76 bits per heavy atom. The van der Waals surface area contributed by atoms with Gasteiger partial charge in [0.1, 0.15) is 11.3 Å². The molecule has 1 aromatic heterocycles. The molecule has 0 aliphatic carbocycles. The fourth-order valence-electron chi connectivity index (χ4n) is 4.07. The second kappa shape index (κ2) is 13.2. The van der Waals surface area contributed by atoms with Gasteiger partial charge in [-0.3, -0.25) is 10.1 Å². The number of nitrogens with one attached hydrogen (secondary N) is 2. The van der Waals surface area contributed by atoms with Crippen LogP contribution in [0.15, 0.2) is 71.1 Å². The molecular weight excluding hydrogens is 494 g/mol. The SMILES string of the molecule is CCCCCCOc1ccc(C(=O)NC(=S)Nc2ccc(-c3nc4cc([C@@H](C)CC)ccc4o3)cc2)cc1. The number of ether oxygens (including phenoxy) is 1. The van der Waals surface area contributed by atoms with Crippen molar-refractivity contribution in [3.8, 4) is 17.2 Å². The smallest absolute Gasteiger partial charge is 0.257 e. The summed E-state index contributed by atoms with van der Waals surface area (Å²) >= 11 is 5.34. The number of amides is 1. The molecule has 4 aromatic rings. The van der Waals surface area contributed by atoms with Crippen LogP contribution < -0.4 is 15.4 Å². The van der Waals surface area contributed by atoms with Gasteiger partial charge < -0.3 is 14.5 Å². The van der Waals surface area contributed by atoms with E-state index in [2.05, 4.69) is 48.5 Å². The van der Waals surface area contributed by atoms with E-state index >= 15 is 0 Å². The average Bonchev–Trinajstić information content (AvgIpc) is 3.36. The maximum absolute atomic E-state index is 12.6. The molecule has 198 valence electrons. The van der Waals surface area contributed by atoms with Crippen molar-refractivity contribution in [1.29, 1.82) is 0 Å². The molecule has 0 saturated heterocycles. The van der Waals surface area contributed by atoms with Gasteiger partial charge in [0.05, 0.1) is 6.61 Å². The van der Waals surface area contributed by atoms with E-state index in [9.17, 15) is 4.79 Å². The Balaban J connectivity index is 1.30. The summed E-state index contributed by atoms with van der Waals surface area (Å²) in [6.07, 6.45) is 5.70. The number of nitrogens with zero attached hydrogens (tertiary/aromatic N) is 1. The second-order valence-corrected chi connectivity index (χ2v) is 9.88. The number of fused-ring (bicyclic) bond motifs is 1. The number of hydrogen-bond donors (Lipinski definition) is 2. The Labute approximate surface area is 229 Å². The minimum Gasteiger partial charge on any atom is -0.494 e. The molecule has 1 atom stereocenters. The molecule has 0 unspecified atom stereocenters. The molecule has 7 heteroatoms. The van der Waals surface area contributed by atoms with E-state index in [-0.39, 0.29) is 11.0 Å². The number of thiocarbonyl (C=S) groups is 1. The summed E-state index contributed by atoms with van der Waals surface area (Å²) in [7, 11) is 0. The van der Waals surface area contributed by atoms with Gasteiger partial charge in [0.2, 0.25) is 5.89 Å². The molecule has 3 aromatic carbocycles. The van der Waals surface area contributed by atoms with Gasteiger partial charge in [-0.2, -0.15) is 0 Å². The first kappa shape index (κ1) is 27.3. The Morgan fingerprint density at radius 1 is 1.00 bits per heavy atom. The maximum Gasteiger partial charge on any atom is 0.257 e. The standard InChI is InChI=1S/C31H35N3O3S/c1-4-6-7-8-19-36-26-16-11-22(12-17-26)29(35)34-31(38)32-25-14-9-23(10-15-25)30-33-27-20-24(21(3)5-2)13-18-28(27)37-30/h9-18,20-21H,4-8,19H2,1-3H3,(H2,32,34,35,38)/t21-/m0/s1. The van der Waals surface area contributed by atoms with Crippen molar-refractivity contribution in [3.63, 3.8) is 0 Å². The lowest BCUT2D eigenvalue weighted by Gasteiger charge is -2.10. The second-order valence-electron chi connectivity index (χ2n) is 9.47. The number of carbonyl (C=O) groups is 1. The van der Waals surface area contributed by atoms with E-state index in [0.29, 0.717) is 24.0 Å². The van der Waals surface area contributed by atoms with Gasteiger partial charge in [-0.05, 0) is 97.2 Å². The Kier molecular flexibility index (Phi) is 9.49. The van der Waals surface area contributed by atoms with Crippen molar-refractivity contribution in [1.82, 2.24) is 10.3 Å². The Morgan fingerprint density at radius 3 is 2.47 bits per heavy atom. The summed E-state index contributed by atoms with van der Waals surface area (Å²) in [4.78, 5) is 17.3. The van der Waals surface area contributed by atoms with Gasteiger partial charge >= 0.3 is 0 Å². The number of unbranched alkanes of at least 4 members (excludes halogenated alkanes) is 3. The lowest BCUT2D eigenvalue weighted by atomic mass is 9.98. The Hall–Kier alpha value is -3.71. The molecule has 1 heterocycles. The van der Waals surface area contributed by atoms with Crippen molar-refractivity contribution < 1.29 is 13.9 Å². The number of anilines is 1. The van der Waals surface area contributed by atoms with Crippen LogP contribution in [0.5, 0.6) is 5.75 Å². The van der Waals surface area contributed by atoms with Crippen LogP contribution in [0, 0.1) is 0 Å². The maximum atomic E-state index is 12.6. The number of aromatic nitrogens is 1. The van der Waals surface area contributed by atoms with Crippen molar-refractivity contribution in [2.75, 3.05) is 11.9 Å². The quantitative estimate of drug-likeness (QED) is 0.151. The molecule has 0 aliphatic heterocycles. The van der Waals surface area contributed by atoms with Crippen LogP contribution >= 0.6 is 12.2 Å². The van der Waals surface area contributed by atoms with Gasteiger partial charge in [0, 0.05) is 16.8 Å². The third-order valence-electron chi connectivity index (χ3n) is 6.59. The van der Waals surface area contributed by atoms with Crippen molar-refractivity contribution in [3.05, 3.63) is 77.9 Å². The summed E-state index contributed by atoms with van der Waals surface area (Å²) in [6, 6.07) is 20.8. The van der Waals surface area contributed by atoms with Crippen molar-refractivity contribution in [2.45, 2.75) is 58.8 Å². The predicted octanol–water partition coefficient (Wildman–Crippen LogP) is 8.09. The van der Waals surface area contributed by atoms with E-state index in [0.717, 1.165) is 40.9 Å². The van der Waals surface area contributed by atoms with E-state index in [1.54, 1.807) is 24.3 Å². The molecule has 2 N–H and O–H groups in total. The third-order valence-corrected chi connectivity index (χ3v) is 6.80. The predicted molar refractivity (Wildman–Crippen MR) is 158 cm³/mol. The highest BCUT2D eigenvalue weighted by Gasteiger charge is 2.12. The summed E-state index contributed by atoms with van der Waals surface area (Å²) < 4.78 is 11.7. The lowest BCUT2D eigenvalue weighted by molar-refractivity contribution is 0.0977. The van der Waals surface area contributed by atoms with E-state index in [1.165, 1.54) is 24.8 Å². The zero-order valence-electron chi connectivity index (χ0n) is 22.3. The zero-order valence-corrected chi connectivity index (χ0v) is 23.1. The topological polar surface area (TPSA) is 76.4 Å². The molecule has 0 aliphatic rings. The van der Waals surface area contributed by atoms with Crippen LogP contribution in [-0.2, 0) is 0 Å². The number of benzene rings is 3. The van der Waals surface area contributed by atoms with E-state index in [4.69, 9.17) is 21.4 Å². The summed E-state index contributed by atoms with van der Waals surface area (Å²) in [6.45, 7) is 7.26. The fraction of sp³-hybridized carbons (Fsp3) is 0.323. The van der Waals surface area contributed by atoms with E-state index < -0.39 is 0 Å². The molecule has 0 bridgehead atoms. The lowest BCUT2D eigenvalue weighted by Crippen LogP contribution is -2.34. The van der Waals surface area contributed by atoms with Crippen molar-refractivity contribution >= 4 is 40.0 Å². The van der Waals surface area contributed by atoms with Gasteiger partial charge in [-0.25, -0.2) is 4.98 Å². The third kappa shape index (κ3) is 7.19. The Bertz CT molecular complexity index is 1360. The van der Waals surface area contributed by atoms with Crippen LogP contribution in [-0.4, -0.2) is 22.6 Å². The number of carbonyl (C=O) groups excluding carboxylic acids is 1. The van der Waals surface area contributed by atoms with Crippen LogP contribution in [0.25, 0.3) is 22.6 Å². The summed E-state index contributed by atoms with van der Waals surface area (Å²) in [5.41, 5.74) is 5.01. The van der Waals surface area contributed by atoms with E-state index in [1.807, 2.05) is 30.3 Å². The average molecular weight is 530 g/mol. The zero-order chi connectivity index (χ0) is 26.9. The highest BCUT2D eigenvalue weighted by atomic mass is 32.1. The van der Waals surface area contributed by atoms with Crippen molar-refractivity contribution in [2.24, 2.45) is 0 Å². The fourth-order valence-corrected chi connectivity index (χ4v) is 4.28. The minimum atomic E-state index is -0.281. The number of oxazole rings is 1. The van der Waals surface area contributed by atoms with Crippen LogP contribution in [0.1, 0.15) is 74.7 Å². The molecule has 0 spiro atoms. The monoisotopic (exact) mass is 529 g/mol. The number of rotatable bonds is 11. The molecule has 0 saturated carbocycles. The first-order chi connectivity index (χ1) is 18.5. The molecule has 4 rings (SSSR count). The molecular formula is C31H35N3O3S. The van der Waals surface area contributed by atoms with Gasteiger partial charge in [0.15, 0.2) is 10.7 Å². The largest absolute Gasteiger partial charge is 0.494 e. The molecule has 0 radical (unpaired) electrons. The van der Waals surface area contributed by atoms with Crippen LogP contribution in [0.2, 0.25) is 0 Å². The number of hydrogen-bond acceptors (Lipinski definition) is 5. The highest BCUT2D eigenvalue weighted by molar-refractivity contribution is 7.80. The molecule has 1 amide bonds. The molecule has 38 heavy (non-hydrogen) atoms. The van der Waals surface area contributed by atoms with Gasteiger partial charge in [-0.1, -0.05) is 46.1 Å². The summed E-state index contributed by atoms with van der Waals surface area (Å²) in [5, 5.41) is 6.00. The minimum absolute atomic E-state index is 0.221. The van der Waals surface area contributed by atoms with Crippen LogP contribution in [0.3, 0.4) is 0 Å².